The van der Waals surface area contributed by atoms with Crippen molar-refractivity contribution in [1.29, 1.82) is 5.26 Å². The Morgan fingerprint density at radius 3 is 2.03 bits per heavy atom. The summed E-state index contributed by atoms with van der Waals surface area (Å²) in [6, 6.07) is 7.12. The van der Waals surface area contributed by atoms with E-state index in [1.54, 1.807) is 6.07 Å². The Hall–Kier alpha value is -2.90. The Balaban J connectivity index is 2.30. The van der Waals surface area contributed by atoms with Gasteiger partial charge in [0.15, 0.2) is 5.69 Å². The van der Waals surface area contributed by atoms with Gasteiger partial charge in [-0.15, -0.1) is 0 Å². The first-order valence-corrected chi connectivity index (χ1v) is 8.63. The molecule has 0 aliphatic carbocycles. The van der Waals surface area contributed by atoms with Gasteiger partial charge in [0.1, 0.15) is 17.6 Å². The first-order valence-electron chi connectivity index (χ1n) is 7.88. The molecule has 0 saturated carbocycles. The van der Waals surface area contributed by atoms with E-state index in [2.05, 4.69) is 5.10 Å². The zero-order valence-electron chi connectivity index (χ0n) is 14.4. The van der Waals surface area contributed by atoms with E-state index in [1.807, 2.05) is 0 Å². The topological polar surface area (TPSA) is 67.6 Å². The predicted molar refractivity (Wildman–Crippen MR) is 98.2 cm³/mol. The van der Waals surface area contributed by atoms with Crippen molar-refractivity contribution >= 4 is 29.0 Å². The van der Waals surface area contributed by atoms with Gasteiger partial charge in [0.25, 0.3) is 0 Å². The summed E-state index contributed by atoms with van der Waals surface area (Å²) >= 11 is 11.9. The van der Waals surface area contributed by atoms with Crippen LogP contribution in [0.5, 0.6) is 0 Å². The minimum atomic E-state index is -4.76. The zero-order valence-corrected chi connectivity index (χ0v) is 15.9. The predicted octanol–water partition coefficient (Wildman–Crippen LogP) is 6.34. The van der Waals surface area contributed by atoms with Crippen LogP contribution in [0.3, 0.4) is 0 Å². The summed E-state index contributed by atoms with van der Waals surface area (Å²) in [5.74, 6) is -0.452. The molecule has 0 fully saturated rings. The Morgan fingerprint density at radius 1 is 0.967 bits per heavy atom. The van der Waals surface area contributed by atoms with Gasteiger partial charge >= 0.3 is 12.4 Å². The molecule has 4 nitrogen and oxygen atoms in total. The number of nitrogens with zero attached hydrogens (tertiary/aromatic N) is 3. The lowest BCUT2D eigenvalue weighted by Crippen LogP contribution is -2.09. The third kappa shape index (κ3) is 3.78. The molecule has 3 aromatic rings. The standard InChI is InChI=1S/C18H8Cl2F6N4/c19-11-5-8(17(21,22)23)6-12(20)15(11)30-16(28)14(13(7-27)29-30)9-3-1-2-4-10(9)18(24,25)26/h1-6H,28H2. The average Bonchev–Trinajstić information content (AvgIpc) is 2.96. The van der Waals surface area contributed by atoms with Gasteiger partial charge in [0.2, 0.25) is 0 Å². The van der Waals surface area contributed by atoms with Crippen molar-refractivity contribution < 1.29 is 26.3 Å². The lowest BCUT2D eigenvalue weighted by molar-refractivity contribution is -0.138. The molecule has 1 aromatic heterocycles. The van der Waals surface area contributed by atoms with E-state index in [4.69, 9.17) is 28.9 Å². The number of rotatable bonds is 2. The van der Waals surface area contributed by atoms with E-state index in [0.717, 1.165) is 22.9 Å². The molecule has 0 amide bonds. The Labute approximate surface area is 175 Å². The lowest BCUT2D eigenvalue weighted by Gasteiger charge is -2.14. The third-order valence-electron chi connectivity index (χ3n) is 4.08. The van der Waals surface area contributed by atoms with Gasteiger partial charge in [0, 0.05) is 5.56 Å². The van der Waals surface area contributed by atoms with E-state index in [0.29, 0.717) is 12.1 Å². The maximum absolute atomic E-state index is 13.4. The van der Waals surface area contributed by atoms with E-state index in [-0.39, 0.29) is 11.3 Å². The molecular weight excluding hydrogens is 457 g/mol. The highest BCUT2D eigenvalue weighted by Crippen LogP contribution is 2.43. The molecule has 0 atom stereocenters. The minimum absolute atomic E-state index is 0.309. The van der Waals surface area contributed by atoms with E-state index >= 15 is 0 Å². The number of aromatic nitrogens is 2. The van der Waals surface area contributed by atoms with Gasteiger partial charge in [-0.2, -0.15) is 36.7 Å². The van der Waals surface area contributed by atoms with E-state index in [9.17, 15) is 31.6 Å². The van der Waals surface area contributed by atoms with Crippen LogP contribution in [0.4, 0.5) is 32.2 Å². The fourth-order valence-corrected chi connectivity index (χ4v) is 3.47. The highest BCUT2D eigenvalue weighted by Gasteiger charge is 2.36. The third-order valence-corrected chi connectivity index (χ3v) is 4.66. The van der Waals surface area contributed by atoms with Crippen molar-refractivity contribution in [3.05, 3.63) is 63.3 Å². The Kier molecular flexibility index (Phi) is 5.39. The second-order valence-corrected chi connectivity index (χ2v) is 6.78. The fraction of sp³-hybridized carbons (Fsp3) is 0.111. The van der Waals surface area contributed by atoms with E-state index in [1.165, 1.54) is 6.07 Å². The molecule has 0 unspecified atom stereocenters. The molecule has 0 bridgehead atoms. The summed E-state index contributed by atoms with van der Waals surface area (Å²) in [7, 11) is 0. The molecule has 156 valence electrons. The first kappa shape index (κ1) is 21.8. The van der Waals surface area contributed by atoms with Gasteiger partial charge in [0.05, 0.1) is 26.7 Å². The van der Waals surface area contributed by atoms with Crippen molar-refractivity contribution in [2.75, 3.05) is 5.73 Å². The maximum atomic E-state index is 13.4. The van der Waals surface area contributed by atoms with Gasteiger partial charge in [-0.3, -0.25) is 0 Å². The molecule has 3 rings (SSSR count). The second kappa shape index (κ2) is 7.41. The molecule has 0 spiro atoms. The van der Waals surface area contributed by atoms with Gasteiger partial charge in [-0.1, -0.05) is 41.4 Å². The zero-order chi connectivity index (χ0) is 22.4. The number of nitrogens with two attached hydrogens (primary N) is 1. The van der Waals surface area contributed by atoms with Crippen molar-refractivity contribution in [3.8, 4) is 22.9 Å². The van der Waals surface area contributed by atoms with Crippen LogP contribution in [-0.4, -0.2) is 9.78 Å². The maximum Gasteiger partial charge on any atom is 0.417 e. The molecular formula is C18H8Cl2F6N4. The molecule has 0 radical (unpaired) electrons. The highest BCUT2D eigenvalue weighted by molar-refractivity contribution is 6.38. The molecule has 0 saturated heterocycles. The van der Waals surface area contributed by atoms with Crippen molar-refractivity contribution in [2.24, 2.45) is 0 Å². The number of hydrogen-bond acceptors (Lipinski definition) is 3. The average molecular weight is 465 g/mol. The quantitative estimate of drug-likeness (QED) is 0.450. The molecule has 1 heterocycles. The van der Waals surface area contributed by atoms with Crippen LogP contribution in [-0.2, 0) is 12.4 Å². The van der Waals surface area contributed by atoms with Gasteiger partial charge < -0.3 is 5.73 Å². The van der Waals surface area contributed by atoms with Crippen LogP contribution >= 0.6 is 23.2 Å². The lowest BCUT2D eigenvalue weighted by atomic mass is 9.99. The smallest absolute Gasteiger partial charge is 0.383 e. The Morgan fingerprint density at radius 2 is 1.53 bits per heavy atom. The summed E-state index contributed by atoms with van der Waals surface area (Å²) in [6.07, 6.45) is -9.50. The van der Waals surface area contributed by atoms with Crippen LogP contribution in [0.15, 0.2) is 36.4 Å². The molecule has 2 N–H and O–H groups in total. The molecule has 0 aliphatic rings. The summed E-state index contributed by atoms with van der Waals surface area (Å²) in [6.45, 7) is 0. The summed E-state index contributed by atoms with van der Waals surface area (Å²) < 4.78 is 79.8. The second-order valence-electron chi connectivity index (χ2n) is 5.96. The number of nitrogen functional groups attached to an aromatic ring is 1. The monoisotopic (exact) mass is 464 g/mol. The minimum Gasteiger partial charge on any atom is -0.383 e. The summed E-state index contributed by atoms with van der Waals surface area (Å²) in [5, 5.41) is 12.2. The summed E-state index contributed by atoms with van der Waals surface area (Å²) in [4.78, 5) is 0. The van der Waals surface area contributed by atoms with Crippen molar-refractivity contribution in [1.82, 2.24) is 9.78 Å². The van der Waals surface area contributed by atoms with Gasteiger partial charge in [-0.05, 0) is 18.2 Å². The number of nitriles is 1. The fourth-order valence-electron chi connectivity index (χ4n) is 2.83. The molecule has 0 aliphatic heterocycles. The Bertz CT molecular complexity index is 1150. The van der Waals surface area contributed by atoms with Crippen LogP contribution in [0.2, 0.25) is 10.0 Å². The normalized spacial score (nSPS) is 12.1. The van der Waals surface area contributed by atoms with Gasteiger partial charge in [-0.25, -0.2) is 4.68 Å². The number of benzene rings is 2. The largest absolute Gasteiger partial charge is 0.417 e. The molecule has 12 heteroatoms. The molecule has 2 aromatic carbocycles. The number of alkyl halides is 6. The number of halogens is 8. The van der Waals surface area contributed by atoms with Crippen molar-refractivity contribution in [3.63, 3.8) is 0 Å². The van der Waals surface area contributed by atoms with Crippen LogP contribution in [0.1, 0.15) is 16.8 Å². The SMILES string of the molecule is N#Cc1nn(-c2c(Cl)cc(C(F)(F)F)cc2Cl)c(N)c1-c1ccccc1C(F)(F)F. The molecule has 30 heavy (non-hydrogen) atoms. The van der Waals surface area contributed by atoms with Crippen LogP contribution in [0, 0.1) is 11.3 Å². The summed E-state index contributed by atoms with van der Waals surface area (Å²) in [5.41, 5.74) is 2.17. The van der Waals surface area contributed by atoms with Crippen LogP contribution in [0.25, 0.3) is 16.8 Å². The van der Waals surface area contributed by atoms with E-state index < -0.39 is 50.6 Å². The first-order chi connectivity index (χ1) is 13.9. The number of anilines is 1. The highest BCUT2D eigenvalue weighted by atomic mass is 35.5. The van der Waals surface area contributed by atoms with Crippen molar-refractivity contribution in [2.45, 2.75) is 12.4 Å². The number of hydrogen-bond donors (Lipinski definition) is 1. The van der Waals surface area contributed by atoms with Crippen LogP contribution < -0.4 is 5.73 Å².